The highest BCUT2D eigenvalue weighted by Gasteiger charge is 2.56. The first-order valence-corrected chi connectivity index (χ1v) is 13.2. The molecule has 0 saturated heterocycles. The zero-order chi connectivity index (χ0) is 24.6. The van der Waals surface area contributed by atoms with Crippen LogP contribution >= 0.6 is 0 Å². The van der Waals surface area contributed by atoms with Crippen LogP contribution in [0, 0.1) is 33.3 Å². The van der Waals surface area contributed by atoms with Gasteiger partial charge in [0.25, 0.3) is 5.69 Å². The van der Waals surface area contributed by atoms with Crippen LogP contribution in [0.5, 0.6) is 5.75 Å². The highest BCUT2D eigenvalue weighted by atomic mass is 16.6. The fourth-order valence-corrected chi connectivity index (χ4v) is 8.42. The molecule has 5 aliphatic rings. The number of hydrogen-bond donors (Lipinski definition) is 1. The number of hydrogen-bond acceptors (Lipinski definition) is 4. The van der Waals surface area contributed by atoms with Gasteiger partial charge in [-0.25, -0.2) is 0 Å². The number of rotatable bonds is 4. The number of amides is 1. The van der Waals surface area contributed by atoms with Crippen LogP contribution < -0.4 is 4.74 Å². The van der Waals surface area contributed by atoms with E-state index in [9.17, 15) is 14.9 Å². The topological polar surface area (TPSA) is 88.5 Å². The van der Waals surface area contributed by atoms with Crippen LogP contribution in [-0.4, -0.2) is 34.4 Å². The van der Waals surface area contributed by atoms with Crippen molar-refractivity contribution in [2.24, 2.45) is 23.2 Å². The lowest BCUT2D eigenvalue weighted by Gasteiger charge is -2.57. The summed E-state index contributed by atoms with van der Waals surface area (Å²) in [6, 6.07) is 12.5. The van der Waals surface area contributed by atoms with Crippen LogP contribution in [-0.2, 0) is 11.2 Å². The Morgan fingerprint density at radius 3 is 2.33 bits per heavy atom. The van der Waals surface area contributed by atoms with E-state index in [1.165, 1.54) is 24.8 Å². The van der Waals surface area contributed by atoms with Crippen molar-refractivity contribution in [1.29, 1.82) is 0 Å². The Kier molecular flexibility index (Phi) is 4.76. The molecule has 1 aromatic heterocycles. The molecule has 2 aromatic carbocycles. The van der Waals surface area contributed by atoms with Gasteiger partial charge in [0.15, 0.2) is 0 Å². The molecule has 4 fully saturated rings. The number of nitro groups is 1. The molecule has 4 bridgehead atoms. The van der Waals surface area contributed by atoms with Gasteiger partial charge in [-0.05, 0) is 104 Å². The number of aromatic amines is 1. The lowest BCUT2D eigenvalue weighted by molar-refractivity contribution is -0.384. The number of fused-ring (bicyclic) bond motifs is 3. The molecule has 4 aliphatic carbocycles. The Bertz CT molecular complexity index is 1340. The number of carbonyl (C=O) groups is 1. The number of nitrogens with one attached hydrogen (secondary N) is 1. The fraction of sp³-hybridized carbons (Fsp3) is 0.483. The molecule has 7 heteroatoms. The number of nitro benzene ring substituents is 1. The van der Waals surface area contributed by atoms with Crippen molar-refractivity contribution in [3.8, 4) is 5.75 Å². The third-order valence-corrected chi connectivity index (χ3v) is 9.51. The fourth-order valence-electron chi connectivity index (χ4n) is 8.42. The first kappa shape index (κ1) is 21.9. The second kappa shape index (κ2) is 7.82. The first-order chi connectivity index (χ1) is 17.4. The molecule has 7 nitrogen and oxygen atoms in total. The molecule has 186 valence electrons. The molecule has 36 heavy (non-hydrogen) atoms. The van der Waals surface area contributed by atoms with Gasteiger partial charge in [-0.2, -0.15) is 0 Å². The molecule has 3 aromatic rings. The van der Waals surface area contributed by atoms with Gasteiger partial charge in [0.1, 0.15) is 5.75 Å². The van der Waals surface area contributed by atoms with E-state index in [-0.39, 0.29) is 22.1 Å². The molecule has 1 unspecified atom stereocenters. The van der Waals surface area contributed by atoms with E-state index in [1.807, 2.05) is 24.3 Å². The Morgan fingerprint density at radius 1 is 1.06 bits per heavy atom. The summed E-state index contributed by atoms with van der Waals surface area (Å²) in [5.41, 5.74) is 4.00. The summed E-state index contributed by atoms with van der Waals surface area (Å²) in [5, 5.41) is 12.4. The molecular formula is C29H31N3O4. The van der Waals surface area contributed by atoms with Crippen molar-refractivity contribution < 1.29 is 14.5 Å². The Morgan fingerprint density at radius 2 is 1.72 bits per heavy atom. The standard InChI is InChI=1S/C29H31N3O4/c1-36-22-6-7-25-24(13-22)23-8-9-31(27(26(23)30-25)20-2-4-21(5-3-20)32(34)35)28(33)29-14-17-10-18(15-29)12-19(11-17)16-29/h2-7,13,17-19,27,30H,8-12,14-16H2,1H3. The normalized spacial score (nSPS) is 30.4. The number of methoxy groups -OCH3 is 1. The first-order valence-electron chi connectivity index (χ1n) is 13.2. The summed E-state index contributed by atoms with van der Waals surface area (Å²) >= 11 is 0. The Labute approximate surface area is 210 Å². The Balaban J connectivity index is 1.34. The molecule has 8 rings (SSSR count). The van der Waals surface area contributed by atoms with Gasteiger partial charge >= 0.3 is 0 Å². The second-order valence-corrected chi connectivity index (χ2v) is 11.6. The number of aromatic nitrogens is 1. The van der Waals surface area contributed by atoms with E-state index in [2.05, 4.69) is 16.0 Å². The molecule has 1 atom stereocenters. The zero-order valence-electron chi connectivity index (χ0n) is 20.5. The molecule has 1 N–H and O–H groups in total. The summed E-state index contributed by atoms with van der Waals surface area (Å²) in [6.07, 6.45) is 7.75. The van der Waals surface area contributed by atoms with Gasteiger partial charge in [-0.1, -0.05) is 0 Å². The summed E-state index contributed by atoms with van der Waals surface area (Å²) in [4.78, 5) is 31.2. The van der Waals surface area contributed by atoms with Crippen molar-refractivity contribution in [2.75, 3.05) is 13.7 Å². The van der Waals surface area contributed by atoms with Crippen LogP contribution in [0.15, 0.2) is 42.5 Å². The van der Waals surface area contributed by atoms with Crippen LogP contribution in [0.25, 0.3) is 10.9 Å². The third kappa shape index (κ3) is 3.21. The van der Waals surface area contributed by atoms with Gasteiger partial charge in [0, 0.05) is 35.3 Å². The number of carbonyl (C=O) groups excluding carboxylic acids is 1. The van der Waals surface area contributed by atoms with Crippen molar-refractivity contribution in [3.63, 3.8) is 0 Å². The maximum Gasteiger partial charge on any atom is 0.269 e. The maximum absolute atomic E-state index is 14.5. The van der Waals surface area contributed by atoms with E-state index < -0.39 is 0 Å². The van der Waals surface area contributed by atoms with Crippen molar-refractivity contribution in [3.05, 3.63) is 69.4 Å². The van der Waals surface area contributed by atoms with E-state index in [0.717, 1.165) is 53.6 Å². The lowest BCUT2D eigenvalue weighted by Crippen LogP contribution is -2.56. The Hall–Kier alpha value is -3.35. The highest BCUT2D eigenvalue weighted by molar-refractivity contribution is 5.89. The lowest BCUT2D eigenvalue weighted by atomic mass is 9.49. The summed E-state index contributed by atoms with van der Waals surface area (Å²) in [5.74, 6) is 3.19. The van der Waals surface area contributed by atoms with Gasteiger partial charge in [0.05, 0.1) is 23.5 Å². The van der Waals surface area contributed by atoms with E-state index in [0.29, 0.717) is 30.2 Å². The van der Waals surface area contributed by atoms with E-state index in [4.69, 9.17) is 4.74 Å². The maximum atomic E-state index is 14.5. The molecule has 4 saturated carbocycles. The van der Waals surface area contributed by atoms with Crippen molar-refractivity contribution >= 4 is 22.5 Å². The van der Waals surface area contributed by atoms with Gasteiger partial charge in [-0.15, -0.1) is 0 Å². The van der Waals surface area contributed by atoms with Gasteiger partial charge in [-0.3, -0.25) is 14.9 Å². The predicted octanol–water partition coefficient (Wildman–Crippen LogP) is 5.78. The third-order valence-electron chi connectivity index (χ3n) is 9.51. The van der Waals surface area contributed by atoms with Crippen LogP contribution in [0.3, 0.4) is 0 Å². The smallest absolute Gasteiger partial charge is 0.269 e. The zero-order valence-corrected chi connectivity index (χ0v) is 20.5. The number of nitrogens with zero attached hydrogens (tertiary/aromatic N) is 2. The second-order valence-electron chi connectivity index (χ2n) is 11.6. The van der Waals surface area contributed by atoms with Crippen molar-refractivity contribution in [1.82, 2.24) is 9.88 Å². The van der Waals surface area contributed by atoms with E-state index in [1.54, 1.807) is 19.2 Å². The molecular weight excluding hydrogens is 454 g/mol. The van der Waals surface area contributed by atoms with Gasteiger partial charge in [0.2, 0.25) is 5.91 Å². The molecule has 0 spiro atoms. The average Bonchev–Trinajstić information content (AvgIpc) is 3.24. The minimum Gasteiger partial charge on any atom is -0.497 e. The number of benzene rings is 2. The summed E-state index contributed by atoms with van der Waals surface area (Å²) < 4.78 is 5.48. The number of H-pyrrole nitrogens is 1. The number of non-ortho nitro benzene ring substituents is 1. The quantitative estimate of drug-likeness (QED) is 0.375. The summed E-state index contributed by atoms with van der Waals surface area (Å²) in [7, 11) is 1.67. The summed E-state index contributed by atoms with van der Waals surface area (Å²) in [6.45, 7) is 0.652. The van der Waals surface area contributed by atoms with E-state index >= 15 is 0 Å². The minimum atomic E-state index is -0.371. The minimum absolute atomic E-state index is 0.0649. The van der Waals surface area contributed by atoms with Crippen LogP contribution in [0.2, 0.25) is 0 Å². The highest BCUT2D eigenvalue weighted by Crippen LogP contribution is 2.61. The molecule has 1 aliphatic heterocycles. The average molecular weight is 486 g/mol. The van der Waals surface area contributed by atoms with Gasteiger partial charge < -0.3 is 14.6 Å². The monoisotopic (exact) mass is 485 g/mol. The molecule has 0 radical (unpaired) electrons. The molecule has 2 heterocycles. The number of ether oxygens (including phenoxy) is 1. The van der Waals surface area contributed by atoms with Crippen LogP contribution in [0.4, 0.5) is 5.69 Å². The largest absolute Gasteiger partial charge is 0.497 e. The van der Waals surface area contributed by atoms with Crippen molar-refractivity contribution in [2.45, 2.75) is 51.0 Å². The molecule has 1 amide bonds. The van der Waals surface area contributed by atoms with Crippen LogP contribution in [0.1, 0.15) is 61.4 Å². The predicted molar refractivity (Wildman–Crippen MR) is 136 cm³/mol. The SMILES string of the molecule is COc1ccc2[nH]c3c(c2c1)CCN(C(=O)C12CC4CC(CC(C4)C1)C2)C3c1ccc([N+](=O)[O-])cc1.